The normalized spacial score (nSPS) is 10.5. The molecule has 0 heterocycles. The van der Waals surface area contributed by atoms with E-state index >= 15 is 0 Å². The molecule has 13 heavy (non-hydrogen) atoms. The molecular weight excluding hydrogens is 163 g/mol. The fourth-order valence-corrected chi connectivity index (χ4v) is 1.19. The Morgan fingerprint density at radius 1 is 1.31 bits per heavy atom. The van der Waals surface area contributed by atoms with E-state index < -0.39 is 0 Å². The fraction of sp³-hybridized carbons (Fsp3) is 0.333. The zero-order valence-corrected chi connectivity index (χ0v) is 8.39. The standard InChI is InChI=1S/C12H15F/c1-8(2)10-5-11(9(3)4)7-12(13)6-10/h5-7,9H,1H2,2-4H3. The van der Waals surface area contributed by atoms with E-state index in [1.165, 1.54) is 6.07 Å². The van der Waals surface area contributed by atoms with E-state index in [4.69, 9.17) is 0 Å². The van der Waals surface area contributed by atoms with Crippen molar-refractivity contribution in [1.29, 1.82) is 0 Å². The minimum atomic E-state index is -0.177. The van der Waals surface area contributed by atoms with Gasteiger partial charge in [0.15, 0.2) is 0 Å². The molecule has 0 amide bonds. The van der Waals surface area contributed by atoms with Crippen molar-refractivity contribution in [1.82, 2.24) is 0 Å². The summed E-state index contributed by atoms with van der Waals surface area (Å²) in [5, 5.41) is 0. The van der Waals surface area contributed by atoms with Crippen LogP contribution in [0, 0.1) is 5.82 Å². The molecule has 0 nitrogen and oxygen atoms in total. The molecule has 1 rings (SSSR count). The van der Waals surface area contributed by atoms with E-state index in [0.717, 1.165) is 16.7 Å². The highest BCUT2D eigenvalue weighted by Crippen LogP contribution is 2.21. The van der Waals surface area contributed by atoms with Crippen molar-refractivity contribution >= 4 is 5.57 Å². The average molecular weight is 178 g/mol. The van der Waals surface area contributed by atoms with Gasteiger partial charge >= 0.3 is 0 Å². The Morgan fingerprint density at radius 2 is 1.92 bits per heavy atom. The van der Waals surface area contributed by atoms with Gasteiger partial charge in [0.05, 0.1) is 0 Å². The molecule has 0 aromatic heterocycles. The van der Waals surface area contributed by atoms with E-state index in [1.807, 2.05) is 13.0 Å². The second-order valence-corrected chi connectivity index (χ2v) is 3.71. The summed E-state index contributed by atoms with van der Waals surface area (Å²) < 4.78 is 13.1. The topological polar surface area (TPSA) is 0 Å². The maximum Gasteiger partial charge on any atom is 0.124 e. The van der Waals surface area contributed by atoms with Crippen molar-refractivity contribution in [2.75, 3.05) is 0 Å². The third-order valence-corrected chi connectivity index (χ3v) is 2.08. The van der Waals surface area contributed by atoms with Gasteiger partial charge in [-0.3, -0.25) is 0 Å². The first-order chi connectivity index (χ1) is 6.00. The molecule has 1 aromatic carbocycles. The van der Waals surface area contributed by atoms with Crippen LogP contribution in [0.5, 0.6) is 0 Å². The maximum atomic E-state index is 13.1. The Kier molecular flexibility index (Phi) is 2.86. The lowest BCUT2D eigenvalue weighted by molar-refractivity contribution is 0.622. The highest BCUT2D eigenvalue weighted by atomic mass is 19.1. The number of benzene rings is 1. The highest BCUT2D eigenvalue weighted by Gasteiger charge is 2.04. The van der Waals surface area contributed by atoms with Crippen LogP contribution >= 0.6 is 0 Å². The summed E-state index contributed by atoms with van der Waals surface area (Å²) in [5.74, 6) is 0.179. The molecule has 0 saturated heterocycles. The van der Waals surface area contributed by atoms with Crippen molar-refractivity contribution in [2.45, 2.75) is 26.7 Å². The fourth-order valence-electron chi connectivity index (χ4n) is 1.19. The van der Waals surface area contributed by atoms with Crippen LogP contribution in [-0.2, 0) is 0 Å². The molecule has 0 saturated carbocycles. The summed E-state index contributed by atoms with van der Waals surface area (Å²) in [6, 6.07) is 5.10. The van der Waals surface area contributed by atoms with Crippen molar-refractivity contribution in [3.05, 3.63) is 41.7 Å². The number of hydrogen-bond acceptors (Lipinski definition) is 0. The maximum absolute atomic E-state index is 13.1. The van der Waals surface area contributed by atoms with Crippen LogP contribution < -0.4 is 0 Å². The molecule has 1 aromatic rings. The third-order valence-electron chi connectivity index (χ3n) is 2.08. The average Bonchev–Trinajstić information content (AvgIpc) is 2.03. The molecule has 0 radical (unpaired) electrons. The van der Waals surface area contributed by atoms with E-state index in [0.29, 0.717) is 5.92 Å². The van der Waals surface area contributed by atoms with E-state index in [2.05, 4.69) is 20.4 Å². The van der Waals surface area contributed by atoms with E-state index in [9.17, 15) is 4.39 Å². The van der Waals surface area contributed by atoms with Crippen LogP contribution in [0.15, 0.2) is 24.8 Å². The number of allylic oxidation sites excluding steroid dienone is 1. The van der Waals surface area contributed by atoms with Gasteiger partial charge in [0.25, 0.3) is 0 Å². The number of halogens is 1. The Labute approximate surface area is 79.1 Å². The molecule has 0 aliphatic rings. The van der Waals surface area contributed by atoms with Gasteiger partial charge in [-0.25, -0.2) is 4.39 Å². The highest BCUT2D eigenvalue weighted by molar-refractivity contribution is 5.62. The third kappa shape index (κ3) is 2.41. The van der Waals surface area contributed by atoms with Crippen LogP contribution in [0.3, 0.4) is 0 Å². The summed E-state index contributed by atoms with van der Waals surface area (Å²) in [4.78, 5) is 0. The molecular formula is C12H15F. The molecule has 0 atom stereocenters. The monoisotopic (exact) mass is 178 g/mol. The molecule has 0 fully saturated rings. The Hall–Kier alpha value is -1.11. The molecule has 70 valence electrons. The molecule has 0 unspecified atom stereocenters. The summed E-state index contributed by atoms with van der Waals surface area (Å²) >= 11 is 0. The van der Waals surface area contributed by atoms with Crippen molar-refractivity contribution in [3.63, 3.8) is 0 Å². The predicted octanol–water partition coefficient (Wildman–Crippen LogP) is 3.98. The Morgan fingerprint density at radius 3 is 2.38 bits per heavy atom. The molecule has 0 aliphatic carbocycles. The van der Waals surface area contributed by atoms with Crippen molar-refractivity contribution in [2.24, 2.45) is 0 Å². The van der Waals surface area contributed by atoms with Gasteiger partial charge in [-0.05, 0) is 36.1 Å². The molecule has 1 heteroatoms. The van der Waals surface area contributed by atoms with Crippen LogP contribution in [0.4, 0.5) is 4.39 Å². The summed E-state index contributed by atoms with van der Waals surface area (Å²) in [6.07, 6.45) is 0. The Bertz CT molecular complexity index is 324. The zero-order valence-electron chi connectivity index (χ0n) is 8.39. The van der Waals surface area contributed by atoms with Gasteiger partial charge < -0.3 is 0 Å². The van der Waals surface area contributed by atoms with E-state index in [1.54, 1.807) is 6.07 Å². The molecule has 0 bridgehead atoms. The predicted molar refractivity (Wildman–Crippen MR) is 55.2 cm³/mol. The minimum Gasteiger partial charge on any atom is -0.207 e. The lowest BCUT2D eigenvalue weighted by atomic mass is 9.98. The molecule has 0 N–H and O–H groups in total. The lowest BCUT2D eigenvalue weighted by Crippen LogP contribution is -1.91. The van der Waals surface area contributed by atoms with Gasteiger partial charge in [0, 0.05) is 0 Å². The van der Waals surface area contributed by atoms with Crippen LogP contribution in [-0.4, -0.2) is 0 Å². The first-order valence-electron chi connectivity index (χ1n) is 4.47. The second kappa shape index (κ2) is 3.73. The van der Waals surface area contributed by atoms with Gasteiger partial charge in [-0.15, -0.1) is 0 Å². The van der Waals surface area contributed by atoms with Crippen molar-refractivity contribution in [3.8, 4) is 0 Å². The Balaban J connectivity index is 3.19. The second-order valence-electron chi connectivity index (χ2n) is 3.71. The van der Waals surface area contributed by atoms with Crippen LogP contribution in [0.1, 0.15) is 37.8 Å². The van der Waals surface area contributed by atoms with Gasteiger partial charge in [0.1, 0.15) is 5.82 Å². The summed E-state index contributed by atoms with van der Waals surface area (Å²) in [7, 11) is 0. The largest absolute Gasteiger partial charge is 0.207 e. The quantitative estimate of drug-likeness (QED) is 0.642. The van der Waals surface area contributed by atoms with E-state index in [-0.39, 0.29) is 5.82 Å². The first-order valence-corrected chi connectivity index (χ1v) is 4.47. The number of hydrogen-bond donors (Lipinski definition) is 0. The lowest BCUT2D eigenvalue weighted by Gasteiger charge is -2.08. The summed E-state index contributed by atoms with van der Waals surface area (Å²) in [6.45, 7) is 9.79. The molecule has 0 spiro atoms. The van der Waals surface area contributed by atoms with Crippen molar-refractivity contribution < 1.29 is 4.39 Å². The first kappa shape index (κ1) is 9.97. The van der Waals surface area contributed by atoms with Gasteiger partial charge in [-0.2, -0.15) is 0 Å². The SMILES string of the molecule is C=C(C)c1cc(F)cc(C(C)C)c1. The number of rotatable bonds is 2. The van der Waals surface area contributed by atoms with Crippen LogP contribution in [0.2, 0.25) is 0 Å². The minimum absolute atomic E-state index is 0.177. The zero-order chi connectivity index (χ0) is 10.0. The van der Waals surface area contributed by atoms with Gasteiger partial charge in [0.2, 0.25) is 0 Å². The summed E-state index contributed by atoms with van der Waals surface area (Å²) in [5.41, 5.74) is 2.82. The smallest absolute Gasteiger partial charge is 0.124 e. The molecule has 0 aliphatic heterocycles. The van der Waals surface area contributed by atoms with Crippen LogP contribution in [0.25, 0.3) is 5.57 Å². The van der Waals surface area contributed by atoms with Gasteiger partial charge in [-0.1, -0.05) is 32.1 Å².